The van der Waals surface area contributed by atoms with E-state index in [4.69, 9.17) is 4.74 Å². The van der Waals surface area contributed by atoms with Gasteiger partial charge >= 0.3 is 0 Å². The van der Waals surface area contributed by atoms with Crippen molar-refractivity contribution in [3.05, 3.63) is 23.8 Å². The molecule has 0 saturated carbocycles. The molecule has 1 amide bonds. The molecule has 1 aliphatic rings. The molecular formula is C14H20N2O3. The SMILES string of the molecule is CCC(O)CCNCc1ccc2c(c1)NC(=O)CO2. The molecule has 5 heteroatoms. The maximum absolute atomic E-state index is 11.2. The van der Waals surface area contributed by atoms with Gasteiger partial charge in [0, 0.05) is 6.54 Å². The monoisotopic (exact) mass is 264 g/mol. The van der Waals surface area contributed by atoms with Crippen LogP contribution in [0.15, 0.2) is 18.2 Å². The molecule has 1 aliphatic heterocycles. The van der Waals surface area contributed by atoms with Crippen LogP contribution in [0.25, 0.3) is 0 Å². The summed E-state index contributed by atoms with van der Waals surface area (Å²) in [7, 11) is 0. The Kier molecular flexibility index (Phi) is 4.76. The van der Waals surface area contributed by atoms with Gasteiger partial charge in [-0.1, -0.05) is 13.0 Å². The predicted octanol–water partition coefficient (Wildman–Crippen LogP) is 1.27. The fraction of sp³-hybridized carbons (Fsp3) is 0.500. The number of hydrogen-bond acceptors (Lipinski definition) is 4. The molecule has 1 atom stereocenters. The van der Waals surface area contributed by atoms with Crippen LogP contribution in [0.4, 0.5) is 5.69 Å². The van der Waals surface area contributed by atoms with Gasteiger partial charge < -0.3 is 20.5 Å². The number of amides is 1. The summed E-state index contributed by atoms with van der Waals surface area (Å²) >= 11 is 0. The quantitative estimate of drug-likeness (QED) is 0.677. The number of anilines is 1. The second kappa shape index (κ2) is 6.54. The summed E-state index contributed by atoms with van der Waals surface area (Å²) in [6, 6.07) is 5.75. The fourth-order valence-electron chi connectivity index (χ4n) is 1.95. The summed E-state index contributed by atoms with van der Waals surface area (Å²) in [4.78, 5) is 11.2. The first-order valence-electron chi connectivity index (χ1n) is 6.63. The van der Waals surface area contributed by atoms with Crippen molar-refractivity contribution in [1.29, 1.82) is 0 Å². The van der Waals surface area contributed by atoms with Crippen LogP contribution in [0, 0.1) is 0 Å². The minimum Gasteiger partial charge on any atom is -0.482 e. The normalized spacial score (nSPS) is 15.4. The standard InChI is InChI=1S/C14H20N2O3/c1-2-11(17)5-6-15-8-10-3-4-13-12(7-10)16-14(18)9-19-13/h3-4,7,11,15,17H,2,5-6,8-9H2,1H3,(H,16,18). The van der Waals surface area contributed by atoms with Gasteiger partial charge in [0.15, 0.2) is 6.61 Å². The summed E-state index contributed by atoms with van der Waals surface area (Å²) in [5.41, 5.74) is 1.81. The highest BCUT2D eigenvalue weighted by molar-refractivity contribution is 5.95. The predicted molar refractivity (Wildman–Crippen MR) is 73.2 cm³/mol. The van der Waals surface area contributed by atoms with Crippen LogP contribution in [0.3, 0.4) is 0 Å². The Morgan fingerprint density at radius 2 is 2.37 bits per heavy atom. The van der Waals surface area contributed by atoms with Crippen molar-refractivity contribution in [2.45, 2.75) is 32.4 Å². The van der Waals surface area contributed by atoms with Crippen LogP contribution in [0.5, 0.6) is 5.75 Å². The van der Waals surface area contributed by atoms with Crippen LogP contribution < -0.4 is 15.4 Å². The zero-order valence-electron chi connectivity index (χ0n) is 11.1. The van der Waals surface area contributed by atoms with Gasteiger partial charge in [-0.25, -0.2) is 0 Å². The van der Waals surface area contributed by atoms with E-state index in [1.165, 1.54) is 0 Å². The van der Waals surface area contributed by atoms with E-state index in [-0.39, 0.29) is 18.6 Å². The molecule has 1 heterocycles. The number of carbonyl (C=O) groups is 1. The van der Waals surface area contributed by atoms with E-state index >= 15 is 0 Å². The van der Waals surface area contributed by atoms with E-state index in [0.29, 0.717) is 12.3 Å². The van der Waals surface area contributed by atoms with E-state index in [9.17, 15) is 9.90 Å². The summed E-state index contributed by atoms with van der Waals surface area (Å²) in [6.45, 7) is 3.53. The average Bonchev–Trinajstić information content (AvgIpc) is 2.42. The molecule has 19 heavy (non-hydrogen) atoms. The minimum atomic E-state index is -0.233. The van der Waals surface area contributed by atoms with Crippen LogP contribution in [0.1, 0.15) is 25.3 Å². The molecule has 104 valence electrons. The van der Waals surface area contributed by atoms with Crippen molar-refractivity contribution in [3.63, 3.8) is 0 Å². The molecule has 2 rings (SSSR count). The molecule has 1 aromatic rings. The first kappa shape index (κ1) is 13.8. The maximum Gasteiger partial charge on any atom is 0.262 e. The van der Waals surface area contributed by atoms with Gasteiger partial charge in [-0.2, -0.15) is 0 Å². The zero-order chi connectivity index (χ0) is 13.7. The third-order valence-electron chi connectivity index (χ3n) is 3.13. The molecule has 0 bridgehead atoms. The van der Waals surface area contributed by atoms with Crippen molar-refractivity contribution < 1.29 is 14.6 Å². The largest absolute Gasteiger partial charge is 0.482 e. The number of benzene rings is 1. The summed E-state index contributed by atoms with van der Waals surface area (Å²) in [5.74, 6) is 0.591. The smallest absolute Gasteiger partial charge is 0.262 e. The Labute approximate surface area is 113 Å². The molecule has 0 radical (unpaired) electrons. The van der Waals surface area contributed by atoms with Crippen LogP contribution in [0.2, 0.25) is 0 Å². The van der Waals surface area contributed by atoms with Crippen molar-refractivity contribution in [3.8, 4) is 5.75 Å². The van der Waals surface area contributed by atoms with E-state index in [1.807, 2.05) is 25.1 Å². The summed E-state index contributed by atoms with van der Waals surface area (Å²) < 4.78 is 5.30. The molecule has 0 spiro atoms. The van der Waals surface area contributed by atoms with Crippen LogP contribution >= 0.6 is 0 Å². The fourth-order valence-corrected chi connectivity index (χ4v) is 1.95. The van der Waals surface area contributed by atoms with Gasteiger partial charge in [-0.3, -0.25) is 4.79 Å². The topological polar surface area (TPSA) is 70.6 Å². The van der Waals surface area contributed by atoms with Gasteiger partial charge in [0.05, 0.1) is 11.8 Å². The van der Waals surface area contributed by atoms with Gasteiger partial charge in [0.2, 0.25) is 0 Å². The van der Waals surface area contributed by atoms with Gasteiger partial charge in [0.1, 0.15) is 5.75 Å². The lowest BCUT2D eigenvalue weighted by atomic mass is 10.1. The number of aliphatic hydroxyl groups excluding tert-OH is 1. The highest BCUT2D eigenvalue weighted by atomic mass is 16.5. The molecule has 1 aromatic carbocycles. The molecule has 0 aliphatic carbocycles. The Morgan fingerprint density at radius 3 is 3.16 bits per heavy atom. The Balaban J connectivity index is 1.84. The molecule has 5 nitrogen and oxygen atoms in total. The molecule has 0 fully saturated rings. The maximum atomic E-state index is 11.2. The Hall–Kier alpha value is -1.59. The van der Waals surface area contributed by atoms with E-state index in [0.717, 1.165) is 30.6 Å². The van der Waals surface area contributed by atoms with Gasteiger partial charge in [-0.05, 0) is 37.1 Å². The van der Waals surface area contributed by atoms with Gasteiger partial charge in [0.25, 0.3) is 5.91 Å². The van der Waals surface area contributed by atoms with E-state index in [2.05, 4.69) is 10.6 Å². The van der Waals surface area contributed by atoms with E-state index < -0.39 is 0 Å². The average molecular weight is 264 g/mol. The van der Waals surface area contributed by atoms with Crippen molar-refractivity contribution in [1.82, 2.24) is 5.32 Å². The van der Waals surface area contributed by atoms with Crippen LogP contribution in [-0.2, 0) is 11.3 Å². The Bertz CT molecular complexity index is 448. The zero-order valence-corrected chi connectivity index (χ0v) is 11.1. The first-order valence-corrected chi connectivity index (χ1v) is 6.63. The highest BCUT2D eigenvalue weighted by Crippen LogP contribution is 2.28. The molecule has 3 N–H and O–H groups in total. The Morgan fingerprint density at radius 1 is 1.53 bits per heavy atom. The summed E-state index contributed by atoms with van der Waals surface area (Å²) in [5, 5.41) is 15.5. The lowest BCUT2D eigenvalue weighted by Crippen LogP contribution is -2.25. The number of ether oxygens (including phenoxy) is 1. The third kappa shape index (κ3) is 3.94. The lowest BCUT2D eigenvalue weighted by molar-refractivity contribution is -0.118. The van der Waals surface area contributed by atoms with E-state index in [1.54, 1.807) is 0 Å². The van der Waals surface area contributed by atoms with Crippen molar-refractivity contribution in [2.24, 2.45) is 0 Å². The second-order valence-corrected chi connectivity index (χ2v) is 4.69. The molecule has 0 aromatic heterocycles. The lowest BCUT2D eigenvalue weighted by Gasteiger charge is -2.18. The van der Waals surface area contributed by atoms with Gasteiger partial charge in [-0.15, -0.1) is 0 Å². The number of hydrogen-bond donors (Lipinski definition) is 3. The minimum absolute atomic E-state index is 0.0828. The number of aliphatic hydroxyl groups is 1. The number of fused-ring (bicyclic) bond motifs is 1. The number of carbonyl (C=O) groups excluding carboxylic acids is 1. The molecule has 0 saturated heterocycles. The van der Waals surface area contributed by atoms with Crippen LogP contribution in [-0.4, -0.2) is 30.3 Å². The highest BCUT2D eigenvalue weighted by Gasteiger charge is 2.15. The van der Waals surface area contributed by atoms with Crippen molar-refractivity contribution >= 4 is 11.6 Å². The van der Waals surface area contributed by atoms with Crippen molar-refractivity contribution in [2.75, 3.05) is 18.5 Å². The number of nitrogens with one attached hydrogen (secondary N) is 2. The number of rotatable bonds is 6. The summed E-state index contributed by atoms with van der Waals surface area (Å²) in [6.07, 6.45) is 1.30. The second-order valence-electron chi connectivity index (χ2n) is 4.69. The first-order chi connectivity index (χ1) is 9.19. The third-order valence-corrected chi connectivity index (χ3v) is 3.13. The molecular weight excluding hydrogens is 244 g/mol. The molecule has 1 unspecified atom stereocenters.